The van der Waals surface area contributed by atoms with Crippen molar-refractivity contribution < 1.29 is 19.8 Å². The molecule has 0 spiro atoms. The van der Waals surface area contributed by atoms with Crippen LogP contribution < -0.4 is 0 Å². The number of rotatable bonds is 5. The van der Waals surface area contributed by atoms with E-state index in [4.69, 9.17) is 0 Å². The molecular formula is C16H17N3O4. The van der Waals surface area contributed by atoms with Crippen molar-refractivity contribution in [3.8, 4) is 0 Å². The number of aromatic nitrogens is 3. The van der Waals surface area contributed by atoms with E-state index in [9.17, 15) is 19.8 Å². The van der Waals surface area contributed by atoms with Crippen LogP contribution in [-0.4, -0.2) is 37.1 Å². The summed E-state index contributed by atoms with van der Waals surface area (Å²) in [5, 5.41) is 19.3. The van der Waals surface area contributed by atoms with Crippen LogP contribution in [0.4, 0.5) is 0 Å². The highest BCUT2D eigenvalue weighted by Gasteiger charge is 2.50. The molecule has 2 rings (SSSR count). The number of pyridine rings is 1. The lowest BCUT2D eigenvalue weighted by Gasteiger charge is -2.24. The molecule has 0 saturated carbocycles. The Hall–Kier alpha value is -2.83. The smallest absolute Gasteiger partial charge is 0.327 e. The third-order valence-corrected chi connectivity index (χ3v) is 3.84. The maximum atomic E-state index is 11.9. The van der Waals surface area contributed by atoms with Crippen LogP contribution in [0.1, 0.15) is 28.5 Å². The maximum absolute atomic E-state index is 11.9. The zero-order valence-corrected chi connectivity index (χ0v) is 13.1. The van der Waals surface area contributed by atoms with Crippen LogP contribution in [0.3, 0.4) is 0 Å². The van der Waals surface area contributed by atoms with Gasteiger partial charge in [0.05, 0.1) is 28.5 Å². The van der Waals surface area contributed by atoms with Gasteiger partial charge in [0.15, 0.2) is 0 Å². The number of hydrogen-bond donors (Lipinski definition) is 2. The molecule has 0 aromatic carbocycles. The third kappa shape index (κ3) is 2.90. The first-order valence-electron chi connectivity index (χ1n) is 6.98. The Balaban J connectivity index is 2.63. The second kappa shape index (κ2) is 6.12. The standard InChI is InChI=1S/C16H17N3O4/c1-9-10(2)19-12(11(3)18-9)8-16(14(20)21,15(22)23)13-6-4-5-7-17-13/h4-7H,8H2,1-3H3,(H,20,21)(H,22,23). The van der Waals surface area contributed by atoms with E-state index in [1.165, 1.54) is 12.3 Å². The van der Waals surface area contributed by atoms with E-state index in [2.05, 4.69) is 15.0 Å². The number of carboxylic acid groups (broad SMARTS) is 2. The molecule has 0 radical (unpaired) electrons. The fraction of sp³-hybridized carbons (Fsp3) is 0.312. The minimum atomic E-state index is -2.21. The van der Waals surface area contributed by atoms with E-state index in [0.29, 0.717) is 17.1 Å². The molecule has 0 unspecified atom stereocenters. The van der Waals surface area contributed by atoms with E-state index in [-0.39, 0.29) is 12.1 Å². The zero-order chi connectivity index (χ0) is 17.2. The van der Waals surface area contributed by atoms with E-state index in [1.807, 2.05) is 0 Å². The molecule has 0 aliphatic carbocycles. The molecule has 2 aromatic rings. The highest BCUT2D eigenvalue weighted by molar-refractivity contribution is 6.04. The average Bonchev–Trinajstić information content (AvgIpc) is 2.49. The van der Waals surface area contributed by atoms with Crippen molar-refractivity contribution in [2.45, 2.75) is 32.6 Å². The second-order valence-corrected chi connectivity index (χ2v) is 5.33. The summed E-state index contributed by atoms with van der Waals surface area (Å²) in [6.45, 7) is 5.22. The Morgan fingerprint density at radius 1 is 1.00 bits per heavy atom. The van der Waals surface area contributed by atoms with Crippen LogP contribution in [0.2, 0.25) is 0 Å². The largest absolute Gasteiger partial charge is 0.480 e. The molecule has 2 heterocycles. The molecule has 0 saturated heterocycles. The highest BCUT2D eigenvalue weighted by atomic mass is 16.4. The Labute approximate surface area is 133 Å². The van der Waals surface area contributed by atoms with Gasteiger partial charge < -0.3 is 10.2 Å². The molecule has 2 aromatic heterocycles. The monoisotopic (exact) mass is 315 g/mol. The first kappa shape index (κ1) is 16.5. The third-order valence-electron chi connectivity index (χ3n) is 3.84. The Bertz CT molecular complexity index is 745. The fourth-order valence-electron chi connectivity index (χ4n) is 2.35. The number of aliphatic carboxylic acids is 2. The Morgan fingerprint density at radius 3 is 2.13 bits per heavy atom. The number of carboxylic acids is 2. The molecule has 0 aliphatic heterocycles. The highest BCUT2D eigenvalue weighted by Crippen LogP contribution is 2.29. The lowest BCUT2D eigenvalue weighted by molar-refractivity contribution is -0.158. The zero-order valence-electron chi connectivity index (χ0n) is 13.1. The van der Waals surface area contributed by atoms with Gasteiger partial charge in [0.1, 0.15) is 0 Å². The lowest BCUT2D eigenvalue weighted by Crippen LogP contribution is -2.46. The fourth-order valence-corrected chi connectivity index (χ4v) is 2.35. The van der Waals surface area contributed by atoms with Crippen LogP contribution in [0.15, 0.2) is 24.4 Å². The molecule has 0 fully saturated rings. The molecule has 23 heavy (non-hydrogen) atoms. The minimum absolute atomic E-state index is 0.0422. The number of aryl methyl sites for hydroxylation is 3. The predicted octanol–water partition coefficient (Wildman–Crippen LogP) is 1.45. The summed E-state index contributed by atoms with van der Waals surface area (Å²) in [5.74, 6) is -2.97. The van der Waals surface area contributed by atoms with Gasteiger partial charge in [0.2, 0.25) is 5.41 Å². The minimum Gasteiger partial charge on any atom is -0.480 e. The Morgan fingerprint density at radius 2 is 1.61 bits per heavy atom. The summed E-state index contributed by atoms with van der Waals surface area (Å²) >= 11 is 0. The molecule has 0 aliphatic rings. The normalized spacial score (nSPS) is 11.3. The van der Waals surface area contributed by atoms with Gasteiger partial charge in [-0.2, -0.15) is 0 Å². The molecule has 7 heteroatoms. The summed E-state index contributed by atoms with van der Waals surface area (Å²) < 4.78 is 0. The topological polar surface area (TPSA) is 113 Å². The molecule has 0 bridgehead atoms. The summed E-state index contributed by atoms with van der Waals surface area (Å²) in [4.78, 5) is 36.3. The van der Waals surface area contributed by atoms with Crippen molar-refractivity contribution in [2.24, 2.45) is 0 Å². The first-order chi connectivity index (χ1) is 10.8. The van der Waals surface area contributed by atoms with Gasteiger partial charge in [-0.15, -0.1) is 0 Å². The second-order valence-electron chi connectivity index (χ2n) is 5.33. The van der Waals surface area contributed by atoms with Gasteiger partial charge in [0.25, 0.3) is 0 Å². The molecule has 0 atom stereocenters. The van der Waals surface area contributed by atoms with Crippen molar-refractivity contribution in [1.82, 2.24) is 15.0 Å². The maximum Gasteiger partial charge on any atom is 0.327 e. The predicted molar refractivity (Wildman–Crippen MR) is 81.1 cm³/mol. The molecular weight excluding hydrogens is 298 g/mol. The van der Waals surface area contributed by atoms with Crippen LogP contribution >= 0.6 is 0 Å². The molecule has 0 amide bonds. The molecule has 7 nitrogen and oxygen atoms in total. The van der Waals surface area contributed by atoms with Crippen LogP contribution in [0.25, 0.3) is 0 Å². The number of nitrogens with zero attached hydrogens (tertiary/aromatic N) is 3. The van der Waals surface area contributed by atoms with Crippen LogP contribution in [0.5, 0.6) is 0 Å². The SMILES string of the molecule is Cc1nc(C)c(CC(C(=O)O)(C(=O)O)c2ccccn2)nc1C. The lowest BCUT2D eigenvalue weighted by atomic mass is 9.79. The van der Waals surface area contributed by atoms with Gasteiger partial charge in [-0.1, -0.05) is 6.07 Å². The average molecular weight is 315 g/mol. The van der Waals surface area contributed by atoms with Crippen molar-refractivity contribution >= 4 is 11.9 Å². The number of carbonyl (C=O) groups is 2. The van der Waals surface area contributed by atoms with E-state index in [1.54, 1.807) is 32.9 Å². The quantitative estimate of drug-likeness (QED) is 0.803. The van der Waals surface area contributed by atoms with Crippen molar-refractivity contribution in [3.05, 3.63) is 52.9 Å². The van der Waals surface area contributed by atoms with Gasteiger partial charge >= 0.3 is 11.9 Å². The van der Waals surface area contributed by atoms with Gasteiger partial charge in [-0.3, -0.25) is 24.5 Å². The van der Waals surface area contributed by atoms with E-state index < -0.39 is 17.4 Å². The summed E-state index contributed by atoms with van der Waals surface area (Å²) in [5.41, 5.74) is -0.0434. The molecule has 120 valence electrons. The van der Waals surface area contributed by atoms with Crippen molar-refractivity contribution in [3.63, 3.8) is 0 Å². The first-order valence-corrected chi connectivity index (χ1v) is 6.98. The Kier molecular flexibility index (Phi) is 4.40. The van der Waals surface area contributed by atoms with Crippen LogP contribution in [0, 0.1) is 20.8 Å². The van der Waals surface area contributed by atoms with Crippen LogP contribution in [-0.2, 0) is 21.4 Å². The van der Waals surface area contributed by atoms with Gasteiger partial charge in [-0.05, 0) is 32.9 Å². The summed E-state index contributed by atoms with van der Waals surface area (Å²) in [6.07, 6.45) is 1.05. The van der Waals surface area contributed by atoms with Gasteiger partial charge in [-0.25, -0.2) is 0 Å². The summed E-state index contributed by atoms with van der Waals surface area (Å²) in [7, 11) is 0. The van der Waals surface area contributed by atoms with Crippen molar-refractivity contribution in [2.75, 3.05) is 0 Å². The summed E-state index contributed by atoms with van der Waals surface area (Å²) in [6, 6.07) is 4.55. The van der Waals surface area contributed by atoms with Crippen molar-refractivity contribution in [1.29, 1.82) is 0 Å². The van der Waals surface area contributed by atoms with Gasteiger partial charge in [0, 0.05) is 12.6 Å². The van der Waals surface area contributed by atoms with E-state index >= 15 is 0 Å². The number of hydrogen-bond acceptors (Lipinski definition) is 5. The van der Waals surface area contributed by atoms with E-state index in [0.717, 1.165) is 5.69 Å². The molecule has 2 N–H and O–H groups in total.